The minimum atomic E-state index is -4.68. The molecular formula is C7HCl4F3. The standard InChI is InChI=1S/C7HCl4F3/c8-2-1-3(9)6(11)4(5(2)10)7(12,13)14/h1H. The molecule has 0 saturated carbocycles. The topological polar surface area (TPSA) is 0 Å². The molecule has 0 aromatic heterocycles. The second-order valence-corrected chi connectivity index (χ2v) is 3.91. The molecule has 0 N–H and O–H groups in total. The molecule has 78 valence electrons. The number of rotatable bonds is 0. The van der Waals surface area contributed by atoms with Crippen LogP contribution in [0, 0.1) is 0 Å². The highest BCUT2D eigenvalue weighted by Gasteiger charge is 2.37. The van der Waals surface area contributed by atoms with Gasteiger partial charge < -0.3 is 0 Å². The first kappa shape index (κ1) is 12.2. The summed E-state index contributed by atoms with van der Waals surface area (Å²) in [6.45, 7) is 0. The van der Waals surface area contributed by atoms with Gasteiger partial charge in [-0.05, 0) is 6.07 Å². The number of hydrogen-bond donors (Lipinski definition) is 0. The van der Waals surface area contributed by atoms with Crippen LogP contribution in [0.4, 0.5) is 13.2 Å². The zero-order valence-electron chi connectivity index (χ0n) is 6.22. The van der Waals surface area contributed by atoms with Crippen molar-refractivity contribution in [3.63, 3.8) is 0 Å². The Morgan fingerprint density at radius 1 is 0.857 bits per heavy atom. The van der Waals surface area contributed by atoms with Crippen molar-refractivity contribution in [2.75, 3.05) is 0 Å². The SMILES string of the molecule is FC(F)(F)c1c(Cl)c(Cl)cc(Cl)c1Cl. The van der Waals surface area contributed by atoms with Crippen molar-refractivity contribution >= 4 is 46.4 Å². The highest BCUT2D eigenvalue weighted by molar-refractivity contribution is 6.48. The minimum absolute atomic E-state index is 0.284. The van der Waals surface area contributed by atoms with Crippen LogP contribution in [0.25, 0.3) is 0 Å². The van der Waals surface area contributed by atoms with E-state index in [2.05, 4.69) is 0 Å². The Hall–Kier alpha value is 0.170. The van der Waals surface area contributed by atoms with Crippen LogP contribution in [-0.4, -0.2) is 0 Å². The molecule has 0 aliphatic heterocycles. The van der Waals surface area contributed by atoms with E-state index in [4.69, 9.17) is 46.4 Å². The van der Waals surface area contributed by atoms with Gasteiger partial charge in [0.2, 0.25) is 0 Å². The van der Waals surface area contributed by atoms with Gasteiger partial charge in [0.1, 0.15) is 0 Å². The highest BCUT2D eigenvalue weighted by atomic mass is 35.5. The quantitative estimate of drug-likeness (QED) is 0.565. The second-order valence-electron chi connectivity index (χ2n) is 2.34. The van der Waals surface area contributed by atoms with Gasteiger partial charge in [0, 0.05) is 0 Å². The number of hydrogen-bond acceptors (Lipinski definition) is 0. The molecule has 0 aliphatic carbocycles. The summed E-state index contributed by atoms with van der Waals surface area (Å²) in [5.41, 5.74) is -1.21. The maximum Gasteiger partial charge on any atom is 0.419 e. The van der Waals surface area contributed by atoms with Crippen LogP contribution in [0.5, 0.6) is 0 Å². The minimum Gasteiger partial charge on any atom is -0.166 e. The van der Waals surface area contributed by atoms with E-state index >= 15 is 0 Å². The molecule has 14 heavy (non-hydrogen) atoms. The summed E-state index contributed by atoms with van der Waals surface area (Å²) in [6, 6.07) is 1.06. The molecule has 0 amide bonds. The molecule has 7 heteroatoms. The Balaban J connectivity index is 3.56. The van der Waals surface area contributed by atoms with Gasteiger partial charge in [-0.25, -0.2) is 0 Å². The van der Waals surface area contributed by atoms with Crippen LogP contribution < -0.4 is 0 Å². The maximum absolute atomic E-state index is 12.4. The molecule has 0 atom stereocenters. The Labute approximate surface area is 97.5 Å². The fraction of sp³-hybridized carbons (Fsp3) is 0.143. The zero-order chi connectivity index (χ0) is 11.1. The van der Waals surface area contributed by atoms with E-state index < -0.39 is 21.8 Å². The van der Waals surface area contributed by atoms with Crippen LogP contribution in [0.3, 0.4) is 0 Å². The molecule has 0 radical (unpaired) electrons. The smallest absolute Gasteiger partial charge is 0.166 e. The average Bonchev–Trinajstić information content (AvgIpc) is 1.98. The highest BCUT2D eigenvalue weighted by Crippen LogP contribution is 2.45. The molecule has 0 heterocycles. The van der Waals surface area contributed by atoms with Gasteiger partial charge in [0.05, 0.1) is 25.7 Å². The first-order valence-electron chi connectivity index (χ1n) is 3.15. The number of benzene rings is 1. The van der Waals surface area contributed by atoms with Crippen LogP contribution in [0.2, 0.25) is 20.1 Å². The van der Waals surface area contributed by atoms with E-state index in [-0.39, 0.29) is 10.0 Å². The molecule has 0 unspecified atom stereocenters. The van der Waals surface area contributed by atoms with Gasteiger partial charge in [0.25, 0.3) is 0 Å². The van der Waals surface area contributed by atoms with Crippen molar-refractivity contribution in [3.8, 4) is 0 Å². The van der Waals surface area contributed by atoms with Gasteiger partial charge >= 0.3 is 6.18 Å². The van der Waals surface area contributed by atoms with Crippen molar-refractivity contribution in [3.05, 3.63) is 31.7 Å². The summed E-state index contributed by atoms with van der Waals surface area (Å²) >= 11 is 21.6. The Bertz CT molecular complexity index is 346. The molecule has 0 bridgehead atoms. The third-order valence-electron chi connectivity index (χ3n) is 1.40. The van der Waals surface area contributed by atoms with E-state index in [1.807, 2.05) is 0 Å². The largest absolute Gasteiger partial charge is 0.419 e. The molecule has 0 nitrogen and oxygen atoms in total. The molecule has 0 spiro atoms. The number of halogens is 7. The Morgan fingerprint density at radius 3 is 1.50 bits per heavy atom. The van der Waals surface area contributed by atoms with Crippen molar-refractivity contribution in [1.82, 2.24) is 0 Å². The maximum atomic E-state index is 12.4. The third kappa shape index (κ3) is 2.22. The van der Waals surface area contributed by atoms with Crippen LogP contribution >= 0.6 is 46.4 Å². The van der Waals surface area contributed by atoms with Crippen molar-refractivity contribution in [2.45, 2.75) is 6.18 Å². The van der Waals surface area contributed by atoms with E-state index in [0.717, 1.165) is 6.07 Å². The molecule has 0 aliphatic rings. The molecule has 1 rings (SSSR count). The summed E-state index contributed by atoms with van der Waals surface area (Å²) < 4.78 is 37.2. The van der Waals surface area contributed by atoms with Gasteiger partial charge in [-0.1, -0.05) is 46.4 Å². The molecule has 1 aromatic rings. The first-order chi connectivity index (χ1) is 6.25. The van der Waals surface area contributed by atoms with Crippen LogP contribution in [0.15, 0.2) is 6.07 Å². The Kier molecular flexibility index (Phi) is 3.47. The lowest BCUT2D eigenvalue weighted by atomic mass is 10.2. The normalized spacial score (nSPS) is 11.9. The zero-order valence-corrected chi connectivity index (χ0v) is 9.25. The van der Waals surface area contributed by atoms with Crippen LogP contribution in [0.1, 0.15) is 5.56 Å². The van der Waals surface area contributed by atoms with E-state index in [1.165, 1.54) is 0 Å². The first-order valence-corrected chi connectivity index (χ1v) is 4.66. The summed E-state index contributed by atoms with van der Waals surface area (Å²) in [5.74, 6) is 0. The monoisotopic (exact) mass is 282 g/mol. The number of alkyl halides is 3. The van der Waals surface area contributed by atoms with E-state index in [1.54, 1.807) is 0 Å². The molecule has 0 saturated heterocycles. The summed E-state index contributed by atoms with van der Waals surface area (Å²) in [6.07, 6.45) is -4.68. The van der Waals surface area contributed by atoms with Gasteiger partial charge in [-0.2, -0.15) is 13.2 Å². The van der Waals surface area contributed by atoms with Gasteiger partial charge in [-0.15, -0.1) is 0 Å². The molecule has 1 aromatic carbocycles. The van der Waals surface area contributed by atoms with Crippen LogP contribution in [-0.2, 0) is 6.18 Å². The summed E-state index contributed by atoms with van der Waals surface area (Å²) in [4.78, 5) is 0. The van der Waals surface area contributed by atoms with Crippen molar-refractivity contribution in [2.24, 2.45) is 0 Å². The Morgan fingerprint density at radius 2 is 1.21 bits per heavy atom. The third-order valence-corrected chi connectivity index (χ3v) is 2.97. The summed E-state index contributed by atoms with van der Waals surface area (Å²) in [7, 11) is 0. The predicted molar refractivity (Wildman–Crippen MR) is 51.5 cm³/mol. The van der Waals surface area contributed by atoms with Gasteiger partial charge in [0.15, 0.2) is 0 Å². The van der Waals surface area contributed by atoms with Gasteiger partial charge in [-0.3, -0.25) is 0 Å². The average molecular weight is 284 g/mol. The van der Waals surface area contributed by atoms with E-state index in [9.17, 15) is 13.2 Å². The predicted octanol–water partition coefficient (Wildman–Crippen LogP) is 5.32. The van der Waals surface area contributed by atoms with Crippen molar-refractivity contribution < 1.29 is 13.2 Å². The van der Waals surface area contributed by atoms with Crippen molar-refractivity contribution in [1.29, 1.82) is 0 Å². The summed E-state index contributed by atoms with van der Waals surface area (Å²) in [5, 5.41) is -1.86. The lowest BCUT2D eigenvalue weighted by Gasteiger charge is -2.12. The molecule has 0 fully saturated rings. The fourth-order valence-corrected chi connectivity index (χ4v) is 1.85. The second kappa shape index (κ2) is 3.97. The lowest BCUT2D eigenvalue weighted by molar-refractivity contribution is -0.137. The lowest BCUT2D eigenvalue weighted by Crippen LogP contribution is -2.07. The molecular weight excluding hydrogens is 283 g/mol. The fourth-order valence-electron chi connectivity index (χ4n) is 0.822. The van der Waals surface area contributed by atoms with E-state index in [0.29, 0.717) is 0 Å².